The van der Waals surface area contributed by atoms with Crippen LogP contribution in [-0.2, 0) is 25.6 Å². The van der Waals surface area contributed by atoms with Crippen LogP contribution in [0.3, 0.4) is 0 Å². The fourth-order valence-electron chi connectivity index (χ4n) is 3.43. The van der Waals surface area contributed by atoms with Crippen molar-refractivity contribution in [3.63, 3.8) is 0 Å². The summed E-state index contributed by atoms with van der Waals surface area (Å²) in [5.74, 6) is -3.77. The van der Waals surface area contributed by atoms with E-state index in [1.165, 1.54) is 19.1 Å². The number of carboxylic acids is 1. The second-order valence-electron chi connectivity index (χ2n) is 9.12. The van der Waals surface area contributed by atoms with Crippen LogP contribution in [0.1, 0.15) is 45.6 Å². The number of aliphatic hydroxyl groups is 1. The molecule has 0 saturated carbocycles. The minimum absolute atomic E-state index is 0.0663. The molecular weight excluding hydrogens is 470 g/mol. The highest BCUT2D eigenvalue weighted by atomic mass is 16.4. The Bertz CT molecular complexity index is 876. The Morgan fingerprint density at radius 3 is 1.94 bits per heavy atom. The van der Waals surface area contributed by atoms with E-state index in [1.807, 2.05) is 0 Å². The van der Waals surface area contributed by atoms with Crippen LogP contribution in [0.15, 0.2) is 24.3 Å². The number of nitrogens with two attached hydrogens (primary N) is 2. The third-order valence-corrected chi connectivity index (χ3v) is 5.60. The fourth-order valence-corrected chi connectivity index (χ4v) is 3.43. The Morgan fingerprint density at radius 1 is 0.889 bits per heavy atom. The molecule has 3 amide bonds. The Balaban J connectivity index is 2.85. The minimum Gasteiger partial charge on any atom is -0.508 e. The van der Waals surface area contributed by atoms with E-state index >= 15 is 0 Å². The molecule has 0 aliphatic carbocycles. The maximum absolute atomic E-state index is 12.9. The molecular formula is C24H39N5O7. The first-order chi connectivity index (χ1) is 16.9. The number of aliphatic carboxylic acids is 1. The SMILES string of the molecule is CC(C)C(NC(=O)C(NC(=O)C(N)Cc1ccc(O)cc1)C(C)O)C(=O)NC(CCCCN)C(=O)O. The number of carbonyl (C=O) groups excluding carboxylic acids is 3. The largest absolute Gasteiger partial charge is 0.508 e. The molecule has 0 bridgehead atoms. The third kappa shape index (κ3) is 10.2. The van der Waals surface area contributed by atoms with Gasteiger partial charge in [-0.15, -0.1) is 0 Å². The highest BCUT2D eigenvalue weighted by molar-refractivity contribution is 5.94. The molecule has 0 spiro atoms. The fraction of sp³-hybridized carbons (Fsp3) is 0.583. The second kappa shape index (κ2) is 15.0. The summed E-state index contributed by atoms with van der Waals surface area (Å²) in [4.78, 5) is 49.9. The van der Waals surface area contributed by atoms with Gasteiger partial charge in [-0.25, -0.2) is 4.79 Å². The Kier molecular flexibility index (Phi) is 12.9. The molecule has 1 aromatic rings. The first kappa shape index (κ1) is 30.8. The lowest BCUT2D eigenvalue weighted by Crippen LogP contribution is -2.60. The number of carbonyl (C=O) groups is 4. The van der Waals surface area contributed by atoms with E-state index in [2.05, 4.69) is 16.0 Å². The highest BCUT2D eigenvalue weighted by Gasteiger charge is 2.33. The van der Waals surface area contributed by atoms with E-state index in [4.69, 9.17) is 11.5 Å². The van der Waals surface area contributed by atoms with Gasteiger partial charge in [0, 0.05) is 0 Å². The number of aromatic hydroxyl groups is 1. The summed E-state index contributed by atoms with van der Waals surface area (Å²) >= 11 is 0. The van der Waals surface area contributed by atoms with Gasteiger partial charge in [-0.1, -0.05) is 26.0 Å². The number of aliphatic hydroxyl groups excluding tert-OH is 1. The summed E-state index contributed by atoms with van der Waals surface area (Å²) in [5, 5.41) is 36.3. The average Bonchev–Trinajstić information content (AvgIpc) is 2.80. The Labute approximate surface area is 210 Å². The predicted octanol–water partition coefficient (Wildman–Crippen LogP) is -1.03. The molecule has 10 N–H and O–H groups in total. The maximum atomic E-state index is 12.9. The molecule has 5 atom stereocenters. The van der Waals surface area contributed by atoms with Crippen molar-refractivity contribution in [3.8, 4) is 5.75 Å². The van der Waals surface area contributed by atoms with Gasteiger partial charge in [-0.05, 0) is 62.8 Å². The summed E-state index contributed by atoms with van der Waals surface area (Å²) in [6.07, 6.45) is 0.107. The summed E-state index contributed by atoms with van der Waals surface area (Å²) in [5.41, 5.74) is 12.1. The minimum atomic E-state index is -1.41. The van der Waals surface area contributed by atoms with Crippen LogP contribution in [0, 0.1) is 5.92 Å². The Morgan fingerprint density at radius 2 is 1.44 bits per heavy atom. The van der Waals surface area contributed by atoms with Crippen LogP contribution >= 0.6 is 0 Å². The van der Waals surface area contributed by atoms with Crippen molar-refractivity contribution in [3.05, 3.63) is 29.8 Å². The van der Waals surface area contributed by atoms with Crippen molar-refractivity contribution in [1.29, 1.82) is 0 Å². The molecule has 202 valence electrons. The van der Waals surface area contributed by atoms with E-state index in [-0.39, 0.29) is 18.6 Å². The quantitative estimate of drug-likeness (QED) is 0.135. The smallest absolute Gasteiger partial charge is 0.326 e. The second-order valence-corrected chi connectivity index (χ2v) is 9.12. The number of carboxylic acid groups (broad SMARTS) is 1. The molecule has 36 heavy (non-hydrogen) atoms. The molecule has 0 aliphatic heterocycles. The molecule has 12 nitrogen and oxygen atoms in total. The number of nitrogens with one attached hydrogen (secondary N) is 3. The molecule has 1 aromatic carbocycles. The van der Waals surface area contributed by atoms with E-state index in [0.717, 1.165) is 0 Å². The summed E-state index contributed by atoms with van der Waals surface area (Å²) < 4.78 is 0. The van der Waals surface area contributed by atoms with Gasteiger partial charge in [0.1, 0.15) is 23.9 Å². The monoisotopic (exact) mass is 509 g/mol. The van der Waals surface area contributed by atoms with Crippen LogP contribution in [0.5, 0.6) is 5.75 Å². The summed E-state index contributed by atoms with van der Waals surface area (Å²) in [6, 6.07) is 1.41. The zero-order valence-corrected chi connectivity index (χ0v) is 20.9. The van der Waals surface area contributed by atoms with Gasteiger partial charge in [0.15, 0.2) is 0 Å². The van der Waals surface area contributed by atoms with Gasteiger partial charge in [-0.3, -0.25) is 14.4 Å². The van der Waals surface area contributed by atoms with Gasteiger partial charge in [0.25, 0.3) is 0 Å². The number of hydrogen-bond acceptors (Lipinski definition) is 8. The van der Waals surface area contributed by atoms with Crippen molar-refractivity contribution in [2.24, 2.45) is 17.4 Å². The van der Waals surface area contributed by atoms with Crippen molar-refractivity contribution in [1.82, 2.24) is 16.0 Å². The van der Waals surface area contributed by atoms with Crippen LogP contribution in [0.25, 0.3) is 0 Å². The number of amides is 3. The summed E-state index contributed by atoms with van der Waals surface area (Å²) in [7, 11) is 0. The van der Waals surface area contributed by atoms with E-state index in [0.29, 0.717) is 24.9 Å². The normalized spacial score (nSPS) is 15.3. The van der Waals surface area contributed by atoms with Crippen molar-refractivity contribution >= 4 is 23.7 Å². The van der Waals surface area contributed by atoms with Gasteiger partial charge in [0.05, 0.1) is 12.1 Å². The molecule has 5 unspecified atom stereocenters. The van der Waals surface area contributed by atoms with Crippen molar-refractivity contribution in [2.75, 3.05) is 6.54 Å². The molecule has 12 heteroatoms. The molecule has 1 rings (SSSR count). The number of rotatable bonds is 15. The highest BCUT2D eigenvalue weighted by Crippen LogP contribution is 2.11. The lowest BCUT2D eigenvalue weighted by Gasteiger charge is -2.28. The molecule has 0 saturated heterocycles. The number of hydrogen-bond donors (Lipinski definition) is 8. The van der Waals surface area contributed by atoms with Gasteiger partial charge >= 0.3 is 5.97 Å². The standard InChI is InChI=1S/C24H39N5O7/c1-13(2)19(22(33)27-18(24(35)36)6-4-5-11-25)28-23(34)20(14(3)30)29-21(32)17(26)12-15-7-9-16(31)10-8-15/h7-10,13-14,17-20,30-31H,4-6,11-12,25-26H2,1-3H3,(H,27,33)(H,28,34)(H,29,32)(H,35,36). The molecule has 0 aliphatic rings. The zero-order chi connectivity index (χ0) is 27.4. The van der Waals surface area contributed by atoms with Crippen molar-refractivity contribution in [2.45, 2.75) is 76.7 Å². The van der Waals surface area contributed by atoms with Crippen molar-refractivity contribution < 1.29 is 34.5 Å². The maximum Gasteiger partial charge on any atom is 0.326 e. The Hall–Kier alpha value is -3.22. The number of phenolic OH excluding ortho intramolecular Hbond substituents is 1. The van der Waals surface area contributed by atoms with Crippen LogP contribution in [0.4, 0.5) is 0 Å². The third-order valence-electron chi connectivity index (χ3n) is 5.60. The zero-order valence-electron chi connectivity index (χ0n) is 20.9. The lowest BCUT2D eigenvalue weighted by molar-refractivity contribution is -0.143. The first-order valence-corrected chi connectivity index (χ1v) is 11.9. The van der Waals surface area contributed by atoms with Crippen LogP contribution in [0.2, 0.25) is 0 Å². The molecule has 0 aromatic heterocycles. The number of unbranched alkanes of at least 4 members (excludes halogenated alkanes) is 1. The number of phenols is 1. The van der Waals surface area contributed by atoms with Crippen LogP contribution < -0.4 is 27.4 Å². The van der Waals surface area contributed by atoms with Crippen LogP contribution in [-0.4, -0.2) is 75.8 Å². The number of benzene rings is 1. The van der Waals surface area contributed by atoms with E-state index in [9.17, 15) is 34.5 Å². The molecule has 0 radical (unpaired) electrons. The van der Waals surface area contributed by atoms with E-state index in [1.54, 1.807) is 26.0 Å². The summed E-state index contributed by atoms with van der Waals surface area (Å²) in [6.45, 7) is 5.03. The van der Waals surface area contributed by atoms with Gasteiger partial charge in [-0.2, -0.15) is 0 Å². The van der Waals surface area contributed by atoms with E-state index < -0.39 is 59.9 Å². The molecule has 0 fully saturated rings. The predicted molar refractivity (Wildman–Crippen MR) is 133 cm³/mol. The first-order valence-electron chi connectivity index (χ1n) is 11.9. The van der Waals surface area contributed by atoms with Gasteiger partial charge in [0.2, 0.25) is 17.7 Å². The average molecular weight is 510 g/mol. The lowest BCUT2D eigenvalue weighted by atomic mass is 10.0. The van der Waals surface area contributed by atoms with Gasteiger partial charge < -0.3 is 42.7 Å². The molecule has 0 heterocycles. The topological polar surface area (TPSA) is 217 Å².